The van der Waals surface area contributed by atoms with Gasteiger partial charge in [-0.15, -0.1) is 0 Å². The zero-order valence-electron chi connectivity index (χ0n) is 8.96. The monoisotopic (exact) mass is 230 g/mol. The first kappa shape index (κ1) is 9.96. The Morgan fingerprint density at radius 3 is 2.29 bits per heavy atom. The Morgan fingerprint density at radius 1 is 1.06 bits per heavy atom. The molecule has 3 heterocycles. The lowest BCUT2D eigenvalue weighted by molar-refractivity contribution is -0.139. The van der Waals surface area contributed by atoms with Crippen LogP contribution in [0.5, 0.6) is 0 Å². The molecule has 1 saturated heterocycles. The van der Waals surface area contributed by atoms with Crippen molar-refractivity contribution < 1.29 is 18.4 Å². The van der Waals surface area contributed by atoms with Crippen molar-refractivity contribution in [1.82, 2.24) is 0 Å². The third kappa shape index (κ3) is 1.49. The second-order valence-electron chi connectivity index (χ2n) is 3.86. The van der Waals surface area contributed by atoms with E-state index < -0.39 is 12.1 Å². The molecule has 17 heavy (non-hydrogen) atoms. The van der Waals surface area contributed by atoms with Gasteiger partial charge in [-0.2, -0.15) is 0 Å². The van der Waals surface area contributed by atoms with E-state index in [0.29, 0.717) is 17.1 Å². The second-order valence-corrected chi connectivity index (χ2v) is 3.86. The minimum atomic E-state index is -0.490. The van der Waals surface area contributed by atoms with Crippen LogP contribution in [-0.2, 0) is 9.53 Å². The molecular formula is C13H10O4. The number of ether oxygens (including phenoxy) is 1. The van der Waals surface area contributed by atoms with Crippen LogP contribution in [0.4, 0.5) is 0 Å². The molecule has 4 heteroatoms. The Hall–Kier alpha value is -2.23. The summed E-state index contributed by atoms with van der Waals surface area (Å²) in [6.07, 6.45) is 2.62. The van der Waals surface area contributed by atoms with Gasteiger partial charge in [-0.3, -0.25) is 0 Å². The van der Waals surface area contributed by atoms with E-state index in [9.17, 15) is 4.79 Å². The van der Waals surface area contributed by atoms with Gasteiger partial charge in [0.25, 0.3) is 0 Å². The summed E-state index contributed by atoms with van der Waals surface area (Å²) in [5.74, 6) is 0.525. The Kier molecular flexibility index (Phi) is 2.14. The zero-order valence-corrected chi connectivity index (χ0v) is 8.96. The number of carbonyl (C=O) groups is 1. The average molecular weight is 230 g/mol. The summed E-state index contributed by atoms with van der Waals surface area (Å²) in [5, 5.41) is 0. The van der Waals surface area contributed by atoms with Gasteiger partial charge in [0, 0.05) is 5.57 Å². The molecule has 86 valence electrons. The molecule has 2 aromatic heterocycles. The molecule has 0 bridgehead atoms. The number of hydrogen-bond donors (Lipinski definition) is 0. The normalized spacial score (nSPS) is 24.0. The lowest BCUT2D eigenvalue weighted by Gasteiger charge is -2.12. The highest BCUT2D eigenvalue weighted by molar-refractivity contribution is 5.92. The van der Waals surface area contributed by atoms with E-state index in [1.165, 1.54) is 0 Å². The summed E-state index contributed by atoms with van der Waals surface area (Å²) in [4.78, 5) is 11.6. The molecule has 0 aromatic carbocycles. The van der Waals surface area contributed by atoms with Crippen molar-refractivity contribution >= 4 is 5.97 Å². The Balaban J connectivity index is 2.03. The van der Waals surface area contributed by atoms with Gasteiger partial charge in [0.05, 0.1) is 18.4 Å². The highest BCUT2D eigenvalue weighted by atomic mass is 16.6. The third-order valence-corrected chi connectivity index (χ3v) is 2.85. The van der Waals surface area contributed by atoms with Gasteiger partial charge >= 0.3 is 5.97 Å². The van der Waals surface area contributed by atoms with Gasteiger partial charge in [-0.05, 0) is 24.3 Å². The first-order valence-corrected chi connectivity index (χ1v) is 5.24. The van der Waals surface area contributed by atoms with Gasteiger partial charge < -0.3 is 13.6 Å². The quantitative estimate of drug-likeness (QED) is 0.588. The second kappa shape index (κ2) is 3.66. The maximum Gasteiger partial charge on any atom is 0.335 e. The first-order chi connectivity index (χ1) is 8.27. The maximum absolute atomic E-state index is 11.6. The zero-order chi connectivity index (χ0) is 11.8. The molecule has 0 N–H and O–H groups in total. The number of furan rings is 2. The fourth-order valence-electron chi connectivity index (χ4n) is 2.03. The number of esters is 1. The molecular weight excluding hydrogens is 220 g/mol. The summed E-state index contributed by atoms with van der Waals surface area (Å²) >= 11 is 0. The molecule has 1 fully saturated rings. The SMILES string of the molecule is C=C1C(=O)O[C@H](c2ccco2)[C@H]1c1ccco1. The van der Waals surface area contributed by atoms with Crippen LogP contribution in [0.25, 0.3) is 0 Å². The predicted octanol–water partition coefficient (Wildman–Crippen LogP) is 2.81. The van der Waals surface area contributed by atoms with Gasteiger partial charge in [0.1, 0.15) is 11.5 Å². The van der Waals surface area contributed by atoms with Crippen LogP contribution >= 0.6 is 0 Å². The van der Waals surface area contributed by atoms with E-state index in [0.717, 1.165) is 0 Å². The predicted molar refractivity (Wildman–Crippen MR) is 58.1 cm³/mol. The van der Waals surface area contributed by atoms with Crippen molar-refractivity contribution in [3.05, 3.63) is 60.5 Å². The minimum Gasteiger partial charge on any atom is -0.469 e. The van der Waals surface area contributed by atoms with Crippen molar-refractivity contribution in [3.8, 4) is 0 Å². The fraction of sp³-hybridized carbons (Fsp3) is 0.154. The van der Waals surface area contributed by atoms with Crippen LogP contribution in [0.1, 0.15) is 23.5 Å². The molecule has 0 radical (unpaired) electrons. The molecule has 0 unspecified atom stereocenters. The largest absolute Gasteiger partial charge is 0.469 e. The van der Waals surface area contributed by atoms with Crippen LogP contribution in [0.3, 0.4) is 0 Å². The first-order valence-electron chi connectivity index (χ1n) is 5.24. The molecule has 3 rings (SSSR count). The molecule has 1 aliphatic heterocycles. The van der Waals surface area contributed by atoms with Gasteiger partial charge in [-0.1, -0.05) is 6.58 Å². The number of carbonyl (C=O) groups excluding carboxylic acids is 1. The van der Waals surface area contributed by atoms with Crippen molar-refractivity contribution in [3.63, 3.8) is 0 Å². The number of rotatable bonds is 2. The summed E-state index contributed by atoms with van der Waals surface area (Å²) in [5.41, 5.74) is 0.390. The molecule has 4 nitrogen and oxygen atoms in total. The molecule has 0 saturated carbocycles. The van der Waals surface area contributed by atoms with Crippen LogP contribution < -0.4 is 0 Å². The van der Waals surface area contributed by atoms with E-state index >= 15 is 0 Å². The van der Waals surface area contributed by atoms with Crippen LogP contribution in [-0.4, -0.2) is 5.97 Å². The maximum atomic E-state index is 11.6. The molecule has 1 aliphatic rings. The van der Waals surface area contributed by atoms with Gasteiger partial charge in [0.2, 0.25) is 0 Å². The lowest BCUT2D eigenvalue weighted by Crippen LogP contribution is -2.05. The summed E-state index contributed by atoms with van der Waals surface area (Å²) in [6, 6.07) is 7.09. The highest BCUT2D eigenvalue weighted by Crippen LogP contribution is 2.45. The molecule has 2 aromatic rings. The Morgan fingerprint density at radius 2 is 1.71 bits per heavy atom. The molecule has 0 aliphatic carbocycles. The Labute approximate surface area is 97.5 Å². The van der Waals surface area contributed by atoms with E-state index in [4.69, 9.17) is 13.6 Å². The average Bonchev–Trinajstić information content (AvgIpc) is 3.01. The van der Waals surface area contributed by atoms with E-state index in [2.05, 4.69) is 6.58 Å². The number of hydrogen-bond acceptors (Lipinski definition) is 4. The van der Waals surface area contributed by atoms with Crippen molar-refractivity contribution in [2.45, 2.75) is 12.0 Å². The smallest absolute Gasteiger partial charge is 0.335 e. The molecule has 2 atom stereocenters. The van der Waals surface area contributed by atoms with Crippen LogP contribution in [0.2, 0.25) is 0 Å². The van der Waals surface area contributed by atoms with Crippen molar-refractivity contribution in [2.24, 2.45) is 0 Å². The summed E-state index contributed by atoms with van der Waals surface area (Å²) in [6.45, 7) is 3.76. The fourth-order valence-corrected chi connectivity index (χ4v) is 2.03. The number of cyclic esters (lactones) is 1. The van der Waals surface area contributed by atoms with E-state index in [1.54, 1.807) is 36.8 Å². The van der Waals surface area contributed by atoms with Gasteiger partial charge in [-0.25, -0.2) is 4.79 Å². The Bertz CT molecular complexity index is 536. The third-order valence-electron chi connectivity index (χ3n) is 2.85. The summed E-state index contributed by atoms with van der Waals surface area (Å²) < 4.78 is 15.9. The minimum absolute atomic E-state index is 0.316. The standard InChI is InChI=1S/C13H10O4/c1-8-11(9-4-2-6-15-9)12(17-13(8)14)10-5-3-7-16-10/h2-7,11-12H,1H2/t11-,12-/m1/s1. The van der Waals surface area contributed by atoms with Crippen molar-refractivity contribution in [2.75, 3.05) is 0 Å². The van der Waals surface area contributed by atoms with Gasteiger partial charge in [0.15, 0.2) is 6.10 Å². The van der Waals surface area contributed by atoms with Crippen LogP contribution in [0, 0.1) is 0 Å². The highest BCUT2D eigenvalue weighted by Gasteiger charge is 2.43. The van der Waals surface area contributed by atoms with E-state index in [1.807, 2.05) is 0 Å². The summed E-state index contributed by atoms with van der Waals surface area (Å²) in [7, 11) is 0. The molecule has 0 amide bonds. The molecule has 0 spiro atoms. The van der Waals surface area contributed by atoms with Crippen molar-refractivity contribution in [1.29, 1.82) is 0 Å². The van der Waals surface area contributed by atoms with Crippen LogP contribution in [0.15, 0.2) is 57.8 Å². The topological polar surface area (TPSA) is 52.6 Å². The lowest BCUT2D eigenvalue weighted by atomic mass is 9.93. The van der Waals surface area contributed by atoms with E-state index in [-0.39, 0.29) is 5.92 Å².